The largest absolute Gasteiger partial charge is 0.495 e. The van der Waals surface area contributed by atoms with Crippen molar-refractivity contribution in [2.24, 2.45) is 0 Å². The molecule has 1 fully saturated rings. The van der Waals surface area contributed by atoms with Gasteiger partial charge in [-0.05, 0) is 55.6 Å². The van der Waals surface area contributed by atoms with Gasteiger partial charge >= 0.3 is 0 Å². The van der Waals surface area contributed by atoms with Crippen molar-refractivity contribution in [1.29, 1.82) is 0 Å². The zero-order chi connectivity index (χ0) is 25.2. The number of nitrogens with zero attached hydrogens (tertiary/aromatic N) is 2. The van der Waals surface area contributed by atoms with Crippen LogP contribution in [0.1, 0.15) is 51.2 Å². The predicted molar refractivity (Wildman–Crippen MR) is 160 cm³/mol. The van der Waals surface area contributed by atoms with Crippen LogP contribution in [0.15, 0.2) is 36.4 Å². The van der Waals surface area contributed by atoms with Crippen LogP contribution in [-0.4, -0.2) is 70.5 Å². The van der Waals surface area contributed by atoms with E-state index in [1.165, 1.54) is 11.3 Å². The summed E-state index contributed by atoms with van der Waals surface area (Å²) in [6.07, 6.45) is 0.997. The van der Waals surface area contributed by atoms with Crippen molar-refractivity contribution in [3.05, 3.63) is 47.5 Å². The van der Waals surface area contributed by atoms with Crippen molar-refractivity contribution in [3.63, 3.8) is 0 Å². The van der Waals surface area contributed by atoms with Gasteiger partial charge < -0.3 is 24.4 Å². The lowest BCUT2D eigenvalue weighted by Crippen LogP contribution is -2.47. The monoisotopic (exact) mass is 555 g/mol. The maximum Gasteiger partial charge on any atom is 0.142 e. The van der Waals surface area contributed by atoms with Gasteiger partial charge in [-0.15, -0.1) is 24.8 Å². The Morgan fingerprint density at radius 1 is 0.865 bits per heavy atom. The number of nitrogens with one attached hydrogen (secondary N) is 1. The molecule has 0 amide bonds. The number of ether oxygens (including phenoxy) is 3. The van der Waals surface area contributed by atoms with Crippen molar-refractivity contribution in [1.82, 2.24) is 10.2 Å². The molecule has 2 aromatic carbocycles. The van der Waals surface area contributed by atoms with Gasteiger partial charge in [0.05, 0.1) is 19.4 Å². The van der Waals surface area contributed by atoms with E-state index in [4.69, 9.17) is 14.2 Å². The molecule has 0 spiro atoms. The maximum atomic E-state index is 6.31. The third-order valence-electron chi connectivity index (χ3n) is 6.52. The summed E-state index contributed by atoms with van der Waals surface area (Å²) >= 11 is 0. The minimum atomic E-state index is 0. The van der Waals surface area contributed by atoms with E-state index >= 15 is 0 Å². The highest BCUT2D eigenvalue weighted by atomic mass is 35.5. The Hall–Kier alpha value is -1.86. The molecule has 0 aromatic heterocycles. The molecule has 0 unspecified atom stereocenters. The number of para-hydroxylation sites is 2. The SMILES string of the molecule is COc1ccccc1N1CCN(CCOc2cc(C)c(OCCCNC(C)C)cc2C(C)C)CC1.Cl.Cl. The zero-order valence-corrected chi connectivity index (χ0v) is 25.1. The summed E-state index contributed by atoms with van der Waals surface area (Å²) < 4.78 is 18.0. The second-order valence-electron chi connectivity index (χ2n) is 9.97. The lowest BCUT2D eigenvalue weighted by atomic mass is 10.00. The van der Waals surface area contributed by atoms with Gasteiger partial charge in [-0.2, -0.15) is 0 Å². The Labute approximate surface area is 236 Å². The first-order chi connectivity index (χ1) is 16.9. The zero-order valence-electron chi connectivity index (χ0n) is 23.4. The van der Waals surface area contributed by atoms with Crippen molar-refractivity contribution in [2.45, 2.75) is 53.0 Å². The quantitative estimate of drug-likeness (QED) is 0.308. The lowest BCUT2D eigenvalue weighted by Gasteiger charge is -2.36. The van der Waals surface area contributed by atoms with Crippen LogP contribution in [-0.2, 0) is 0 Å². The molecule has 1 saturated heterocycles. The van der Waals surface area contributed by atoms with Gasteiger partial charge in [0, 0.05) is 44.3 Å². The molecule has 1 aliphatic heterocycles. The Morgan fingerprint density at radius 2 is 1.54 bits per heavy atom. The Kier molecular flexibility index (Phi) is 15.1. The normalized spacial score (nSPS) is 13.8. The fraction of sp³-hybridized carbons (Fsp3) is 0.586. The number of aryl methyl sites for hydroxylation is 1. The van der Waals surface area contributed by atoms with E-state index in [0.29, 0.717) is 18.6 Å². The topological polar surface area (TPSA) is 46.2 Å². The molecule has 1 N–H and O–H groups in total. The number of hydrogen-bond donors (Lipinski definition) is 1. The summed E-state index contributed by atoms with van der Waals surface area (Å²) in [5.74, 6) is 3.28. The second kappa shape index (κ2) is 16.9. The molecule has 0 bridgehead atoms. The molecule has 1 heterocycles. The van der Waals surface area contributed by atoms with E-state index < -0.39 is 0 Å². The van der Waals surface area contributed by atoms with Gasteiger partial charge in [-0.1, -0.05) is 39.8 Å². The van der Waals surface area contributed by atoms with Crippen molar-refractivity contribution < 1.29 is 14.2 Å². The second-order valence-corrected chi connectivity index (χ2v) is 9.97. The molecule has 3 rings (SSSR count). The number of rotatable bonds is 13. The standard InChI is InChI=1S/C29H45N3O3.2ClH/c1-22(2)25-21-28(34-18-9-12-30-23(3)4)24(5)20-29(25)35-19-17-31-13-15-32(16-14-31)26-10-7-8-11-27(26)33-6;;/h7-8,10-11,20-23,30H,9,12-19H2,1-6H3;2*1H. The molecule has 1 aliphatic rings. The molecule has 0 aliphatic carbocycles. The predicted octanol–water partition coefficient (Wildman–Crippen LogP) is 5.94. The Balaban J connectivity index is 0.00000342. The first-order valence-electron chi connectivity index (χ1n) is 13.1. The number of benzene rings is 2. The summed E-state index contributed by atoms with van der Waals surface area (Å²) in [5.41, 5.74) is 3.53. The maximum absolute atomic E-state index is 6.31. The summed E-state index contributed by atoms with van der Waals surface area (Å²) in [6, 6.07) is 13.1. The van der Waals surface area contributed by atoms with E-state index in [-0.39, 0.29) is 24.8 Å². The smallest absolute Gasteiger partial charge is 0.142 e. The first kappa shape index (κ1) is 33.2. The van der Waals surface area contributed by atoms with Gasteiger partial charge in [-0.3, -0.25) is 4.90 Å². The molecule has 37 heavy (non-hydrogen) atoms. The molecule has 0 atom stereocenters. The van der Waals surface area contributed by atoms with Crippen LogP contribution < -0.4 is 24.4 Å². The summed E-state index contributed by atoms with van der Waals surface area (Å²) in [6.45, 7) is 18.2. The first-order valence-corrected chi connectivity index (χ1v) is 13.1. The van der Waals surface area contributed by atoms with Gasteiger partial charge in [0.15, 0.2) is 0 Å². The third kappa shape index (κ3) is 10.1. The van der Waals surface area contributed by atoms with Crippen LogP contribution >= 0.6 is 24.8 Å². The average Bonchev–Trinajstić information content (AvgIpc) is 2.85. The molecule has 0 saturated carbocycles. The molecule has 2 aromatic rings. The van der Waals surface area contributed by atoms with Gasteiger partial charge in [-0.25, -0.2) is 0 Å². The van der Waals surface area contributed by atoms with Crippen LogP contribution in [0.5, 0.6) is 17.2 Å². The minimum absolute atomic E-state index is 0. The lowest BCUT2D eigenvalue weighted by molar-refractivity contribution is 0.199. The van der Waals surface area contributed by atoms with Gasteiger partial charge in [0.2, 0.25) is 0 Å². The van der Waals surface area contributed by atoms with Crippen LogP contribution in [0.2, 0.25) is 0 Å². The number of hydrogen-bond acceptors (Lipinski definition) is 6. The van der Waals surface area contributed by atoms with Crippen molar-refractivity contribution in [2.75, 3.05) is 64.5 Å². The molecule has 6 nitrogen and oxygen atoms in total. The third-order valence-corrected chi connectivity index (χ3v) is 6.52. The molecule has 8 heteroatoms. The summed E-state index contributed by atoms with van der Waals surface area (Å²) in [4.78, 5) is 4.89. The molecule has 210 valence electrons. The number of piperazine rings is 1. The molecular weight excluding hydrogens is 509 g/mol. The number of anilines is 1. The van der Waals surface area contributed by atoms with E-state index in [2.05, 4.69) is 74.0 Å². The van der Waals surface area contributed by atoms with Gasteiger partial charge in [0.25, 0.3) is 0 Å². The Morgan fingerprint density at radius 3 is 2.19 bits per heavy atom. The van der Waals surface area contributed by atoms with Crippen LogP contribution in [0, 0.1) is 6.92 Å². The van der Waals surface area contributed by atoms with Crippen LogP contribution in [0.3, 0.4) is 0 Å². The summed E-state index contributed by atoms with van der Waals surface area (Å²) in [5, 5.41) is 3.44. The van der Waals surface area contributed by atoms with Gasteiger partial charge in [0.1, 0.15) is 23.9 Å². The van der Waals surface area contributed by atoms with E-state index in [1.807, 2.05) is 12.1 Å². The minimum Gasteiger partial charge on any atom is -0.495 e. The number of halogens is 2. The Bertz CT molecular complexity index is 919. The molecular formula is C29H47Cl2N3O3. The summed E-state index contributed by atoms with van der Waals surface area (Å²) in [7, 11) is 1.74. The molecule has 0 radical (unpaired) electrons. The van der Waals surface area contributed by atoms with Crippen LogP contribution in [0.4, 0.5) is 5.69 Å². The van der Waals surface area contributed by atoms with Crippen molar-refractivity contribution >= 4 is 30.5 Å². The average molecular weight is 557 g/mol. The highest BCUT2D eigenvalue weighted by molar-refractivity contribution is 5.85. The fourth-order valence-corrected chi connectivity index (χ4v) is 4.44. The highest BCUT2D eigenvalue weighted by Crippen LogP contribution is 2.34. The fourth-order valence-electron chi connectivity index (χ4n) is 4.44. The van der Waals surface area contributed by atoms with E-state index in [1.54, 1.807) is 7.11 Å². The highest BCUT2D eigenvalue weighted by Gasteiger charge is 2.20. The van der Waals surface area contributed by atoms with Crippen LogP contribution in [0.25, 0.3) is 0 Å². The van der Waals surface area contributed by atoms with Crippen molar-refractivity contribution in [3.8, 4) is 17.2 Å². The number of methoxy groups -OCH3 is 1. The van der Waals surface area contributed by atoms with E-state index in [0.717, 1.165) is 75.1 Å². The van der Waals surface area contributed by atoms with E-state index in [9.17, 15) is 0 Å².